The summed E-state index contributed by atoms with van der Waals surface area (Å²) in [5.74, 6) is -0.153. The van der Waals surface area contributed by atoms with Crippen molar-refractivity contribution in [2.45, 2.75) is 38.8 Å². The highest BCUT2D eigenvalue weighted by Gasteiger charge is 2.29. The number of fused-ring (bicyclic) bond motifs is 1. The number of carbonyl (C=O) groups is 1. The van der Waals surface area contributed by atoms with E-state index >= 15 is 0 Å². The first-order valence-corrected chi connectivity index (χ1v) is 8.51. The first kappa shape index (κ1) is 16.9. The highest BCUT2D eigenvalue weighted by Crippen LogP contribution is 2.21. The van der Waals surface area contributed by atoms with E-state index in [0.717, 1.165) is 12.8 Å². The standard InChI is InChI=1S/C17H21N3O3S/c1-3-20-15(22)12-5-4-11(10-13(12)18-16(20)24)14(21)19-17(2)6-8-23-9-7-17/h4-5,10H,3,6-9H2,1-2H3,(H,18,24)(H,19,21). The fraction of sp³-hybridized carbons (Fsp3) is 0.471. The second kappa shape index (κ2) is 6.49. The smallest absolute Gasteiger partial charge is 0.262 e. The van der Waals surface area contributed by atoms with Crippen LogP contribution in [0, 0.1) is 4.77 Å². The molecule has 6 nitrogen and oxygen atoms in total. The molecular weight excluding hydrogens is 326 g/mol. The number of ether oxygens (including phenoxy) is 1. The molecule has 1 fully saturated rings. The molecule has 1 aliphatic heterocycles. The number of aromatic amines is 1. The zero-order valence-corrected chi connectivity index (χ0v) is 14.7. The quantitative estimate of drug-likeness (QED) is 0.836. The lowest BCUT2D eigenvalue weighted by Gasteiger charge is -2.34. The van der Waals surface area contributed by atoms with Crippen molar-refractivity contribution in [1.82, 2.24) is 14.9 Å². The number of hydrogen-bond donors (Lipinski definition) is 2. The van der Waals surface area contributed by atoms with E-state index in [1.54, 1.807) is 18.2 Å². The summed E-state index contributed by atoms with van der Waals surface area (Å²) in [5, 5.41) is 3.61. The van der Waals surface area contributed by atoms with Crippen molar-refractivity contribution < 1.29 is 9.53 Å². The topological polar surface area (TPSA) is 76.1 Å². The van der Waals surface area contributed by atoms with Gasteiger partial charge >= 0.3 is 0 Å². The molecule has 1 aromatic heterocycles. The lowest BCUT2D eigenvalue weighted by molar-refractivity contribution is 0.0423. The van der Waals surface area contributed by atoms with Gasteiger partial charge in [0.25, 0.3) is 11.5 Å². The van der Waals surface area contributed by atoms with Gasteiger partial charge in [-0.3, -0.25) is 14.2 Å². The van der Waals surface area contributed by atoms with Crippen LogP contribution in [0.5, 0.6) is 0 Å². The van der Waals surface area contributed by atoms with E-state index in [9.17, 15) is 9.59 Å². The highest BCUT2D eigenvalue weighted by atomic mass is 32.1. The Morgan fingerprint density at radius 3 is 2.79 bits per heavy atom. The maximum absolute atomic E-state index is 12.6. The predicted molar refractivity (Wildman–Crippen MR) is 95.0 cm³/mol. The molecule has 0 aliphatic carbocycles. The highest BCUT2D eigenvalue weighted by molar-refractivity contribution is 7.71. The van der Waals surface area contributed by atoms with Crippen LogP contribution in [0.4, 0.5) is 0 Å². The van der Waals surface area contributed by atoms with E-state index in [1.165, 1.54) is 4.57 Å². The van der Waals surface area contributed by atoms with Gasteiger partial charge in [0.1, 0.15) is 0 Å². The molecule has 1 saturated heterocycles. The molecule has 2 aromatic rings. The average molecular weight is 347 g/mol. The van der Waals surface area contributed by atoms with Crippen LogP contribution in [0.25, 0.3) is 10.9 Å². The summed E-state index contributed by atoms with van der Waals surface area (Å²) in [6, 6.07) is 5.04. The molecule has 0 saturated carbocycles. The van der Waals surface area contributed by atoms with Crippen molar-refractivity contribution >= 4 is 29.0 Å². The summed E-state index contributed by atoms with van der Waals surface area (Å²) >= 11 is 5.22. The first-order valence-electron chi connectivity index (χ1n) is 8.11. The number of nitrogens with zero attached hydrogens (tertiary/aromatic N) is 1. The molecule has 1 amide bonds. The van der Waals surface area contributed by atoms with Gasteiger partial charge in [0.15, 0.2) is 4.77 Å². The molecule has 0 unspecified atom stereocenters. The van der Waals surface area contributed by atoms with Crippen molar-refractivity contribution in [2.24, 2.45) is 0 Å². The Kier molecular flexibility index (Phi) is 4.56. The van der Waals surface area contributed by atoms with Crippen LogP contribution in [-0.2, 0) is 11.3 Å². The van der Waals surface area contributed by atoms with Crippen LogP contribution in [-0.4, -0.2) is 34.2 Å². The van der Waals surface area contributed by atoms with E-state index < -0.39 is 0 Å². The number of rotatable bonds is 3. The number of carbonyl (C=O) groups excluding carboxylic acids is 1. The second-order valence-corrected chi connectivity index (χ2v) is 6.75. The van der Waals surface area contributed by atoms with Gasteiger partial charge in [-0.15, -0.1) is 0 Å². The maximum Gasteiger partial charge on any atom is 0.262 e. The summed E-state index contributed by atoms with van der Waals surface area (Å²) in [6.45, 7) is 5.71. The monoisotopic (exact) mass is 347 g/mol. The Morgan fingerprint density at radius 2 is 2.12 bits per heavy atom. The van der Waals surface area contributed by atoms with Crippen molar-refractivity contribution in [3.8, 4) is 0 Å². The zero-order chi connectivity index (χ0) is 17.3. The van der Waals surface area contributed by atoms with Crippen molar-refractivity contribution in [2.75, 3.05) is 13.2 Å². The third-order valence-electron chi connectivity index (χ3n) is 4.57. The number of nitrogens with one attached hydrogen (secondary N) is 2. The lowest BCUT2D eigenvalue weighted by Crippen LogP contribution is -2.49. The summed E-state index contributed by atoms with van der Waals surface area (Å²) in [4.78, 5) is 28.0. The number of H-pyrrole nitrogens is 1. The summed E-state index contributed by atoms with van der Waals surface area (Å²) in [7, 11) is 0. The van der Waals surface area contributed by atoms with E-state index in [1.807, 2.05) is 13.8 Å². The van der Waals surface area contributed by atoms with Gasteiger partial charge in [-0.25, -0.2) is 0 Å². The predicted octanol–water partition coefficient (Wildman–Crippen LogP) is 2.38. The molecule has 0 atom stereocenters. The summed E-state index contributed by atoms with van der Waals surface area (Å²) in [6.07, 6.45) is 1.58. The summed E-state index contributed by atoms with van der Waals surface area (Å²) in [5.41, 5.74) is 0.691. The summed E-state index contributed by atoms with van der Waals surface area (Å²) < 4.78 is 7.22. The van der Waals surface area contributed by atoms with Crippen LogP contribution in [0.1, 0.15) is 37.0 Å². The normalized spacial score (nSPS) is 16.9. The van der Waals surface area contributed by atoms with E-state index in [-0.39, 0.29) is 17.0 Å². The lowest BCUT2D eigenvalue weighted by atomic mass is 9.92. The third-order valence-corrected chi connectivity index (χ3v) is 4.89. The van der Waals surface area contributed by atoms with E-state index in [4.69, 9.17) is 17.0 Å². The molecule has 3 rings (SSSR count). The Morgan fingerprint density at radius 1 is 1.42 bits per heavy atom. The van der Waals surface area contributed by atoms with Crippen molar-refractivity contribution in [3.63, 3.8) is 0 Å². The van der Waals surface area contributed by atoms with Crippen LogP contribution in [0.3, 0.4) is 0 Å². The van der Waals surface area contributed by atoms with Gasteiger partial charge in [-0.2, -0.15) is 0 Å². The van der Waals surface area contributed by atoms with Gasteiger partial charge in [0.2, 0.25) is 0 Å². The number of benzene rings is 1. The van der Waals surface area contributed by atoms with Crippen LogP contribution >= 0.6 is 12.2 Å². The van der Waals surface area contributed by atoms with Crippen LogP contribution in [0.15, 0.2) is 23.0 Å². The fourth-order valence-electron chi connectivity index (χ4n) is 2.98. The van der Waals surface area contributed by atoms with Crippen LogP contribution < -0.4 is 10.9 Å². The molecule has 2 heterocycles. The minimum absolute atomic E-state index is 0.139. The number of hydrogen-bond acceptors (Lipinski definition) is 4. The van der Waals surface area contributed by atoms with Gasteiger partial charge in [-0.05, 0) is 57.1 Å². The largest absolute Gasteiger partial charge is 0.381 e. The molecule has 1 aromatic carbocycles. The average Bonchev–Trinajstić information content (AvgIpc) is 2.55. The molecule has 0 spiro atoms. The Balaban J connectivity index is 1.94. The van der Waals surface area contributed by atoms with E-state index in [2.05, 4.69) is 10.3 Å². The molecule has 24 heavy (non-hydrogen) atoms. The van der Waals surface area contributed by atoms with Crippen LogP contribution in [0.2, 0.25) is 0 Å². The van der Waals surface area contributed by atoms with Crippen molar-refractivity contribution in [1.29, 1.82) is 0 Å². The molecule has 128 valence electrons. The molecule has 7 heteroatoms. The van der Waals surface area contributed by atoms with Gasteiger partial charge in [0, 0.05) is 30.9 Å². The Labute approximate surface area is 144 Å². The van der Waals surface area contributed by atoms with E-state index in [0.29, 0.717) is 41.0 Å². The molecule has 2 N–H and O–H groups in total. The third kappa shape index (κ3) is 3.14. The van der Waals surface area contributed by atoms with Gasteiger partial charge in [-0.1, -0.05) is 0 Å². The maximum atomic E-state index is 12.6. The molecule has 0 bridgehead atoms. The van der Waals surface area contributed by atoms with Crippen molar-refractivity contribution in [3.05, 3.63) is 38.9 Å². The second-order valence-electron chi connectivity index (χ2n) is 6.37. The minimum atomic E-state index is -0.261. The fourth-order valence-corrected chi connectivity index (χ4v) is 3.30. The number of aromatic nitrogens is 2. The van der Waals surface area contributed by atoms with Gasteiger partial charge < -0.3 is 15.0 Å². The molecular formula is C17H21N3O3S. The minimum Gasteiger partial charge on any atom is -0.381 e. The molecule has 1 aliphatic rings. The Hall–Kier alpha value is -1.99. The molecule has 0 radical (unpaired) electrons. The van der Waals surface area contributed by atoms with Gasteiger partial charge in [0.05, 0.1) is 10.9 Å². The first-order chi connectivity index (χ1) is 11.4. The number of amides is 1. The SMILES string of the molecule is CCn1c(=S)[nH]c2cc(C(=O)NC3(C)CCOCC3)ccc2c1=O. The zero-order valence-electron chi connectivity index (χ0n) is 13.8. The Bertz CT molecular complexity index is 894.